The highest BCUT2D eigenvalue weighted by Gasteiger charge is 2.06. The molecule has 0 aliphatic rings. The van der Waals surface area contributed by atoms with Crippen molar-refractivity contribution in [3.63, 3.8) is 0 Å². The highest BCUT2D eigenvalue weighted by molar-refractivity contribution is 7.09. The largest absolute Gasteiger partial charge is 0.497 e. The summed E-state index contributed by atoms with van der Waals surface area (Å²) in [5, 5.41) is 6.79. The molecule has 0 saturated carbocycles. The topological polar surface area (TPSA) is 22.1 Å². The average Bonchev–Trinajstić information content (AvgIpc) is 2.88. The maximum Gasteiger partial charge on any atom is 0.138 e. The molecule has 18 heavy (non-hydrogen) atoms. The molecule has 3 rings (SSSR count). The Kier molecular flexibility index (Phi) is 2.94. The van der Waals surface area contributed by atoms with E-state index in [0.29, 0.717) is 5.15 Å². The summed E-state index contributed by atoms with van der Waals surface area (Å²) < 4.78 is 5.14. The highest BCUT2D eigenvalue weighted by Crippen LogP contribution is 2.30. The van der Waals surface area contributed by atoms with Crippen LogP contribution in [0.2, 0.25) is 5.15 Å². The number of pyridine rings is 1. The number of hydrogen-bond donors (Lipinski definition) is 0. The van der Waals surface area contributed by atoms with Gasteiger partial charge in [-0.1, -0.05) is 11.6 Å². The Morgan fingerprint density at radius 2 is 1.94 bits per heavy atom. The molecular formula is C14H10ClNOS. The van der Waals surface area contributed by atoms with Crippen molar-refractivity contribution < 1.29 is 4.74 Å². The van der Waals surface area contributed by atoms with E-state index in [1.54, 1.807) is 18.4 Å². The van der Waals surface area contributed by atoms with Gasteiger partial charge in [0.25, 0.3) is 0 Å². The van der Waals surface area contributed by atoms with E-state index >= 15 is 0 Å². The Labute approximate surface area is 114 Å². The first-order chi connectivity index (χ1) is 8.78. The third kappa shape index (κ3) is 1.96. The quantitative estimate of drug-likeness (QED) is 0.637. The molecule has 0 amide bonds. The van der Waals surface area contributed by atoms with Crippen molar-refractivity contribution in [3.8, 4) is 17.0 Å². The molecule has 2 aromatic heterocycles. The average molecular weight is 276 g/mol. The lowest BCUT2D eigenvalue weighted by Crippen LogP contribution is -1.86. The molecular weight excluding hydrogens is 266 g/mol. The van der Waals surface area contributed by atoms with E-state index in [4.69, 9.17) is 16.3 Å². The Balaban J connectivity index is 2.12. The highest BCUT2D eigenvalue weighted by atomic mass is 35.5. The van der Waals surface area contributed by atoms with Crippen LogP contribution in [-0.2, 0) is 0 Å². The number of hydrogen-bond acceptors (Lipinski definition) is 3. The van der Waals surface area contributed by atoms with Gasteiger partial charge in [-0.15, -0.1) is 0 Å². The van der Waals surface area contributed by atoms with Crippen molar-refractivity contribution in [3.05, 3.63) is 46.2 Å². The zero-order chi connectivity index (χ0) is 12.5. The fourth-order valence-electron chi connectivity index (χ4n) is 1.84. The van der Waals surface area contributed by atoms with E-state index in [1.807, 2.05) is 29.6 Å². The third-order valence-electron chi connectivity index (χ3n) is 2.81. The summed E-state index contributed by atoms with van der Waals surface area (Å²) in [6, 6.07) is 9.86. The number of methoxy groups -OCH3 is 1. The maximum atomic E-state index is 6.18. The Morgan fingerprint density at radius 3 is 2.67 bits per heavy atom. The Bertz CT molecular complexity index is 691. The molecule has 0 aliphatic carbocycles. The van der Waals surface area contributed by atoms with Gasteiger partial charge in [0.15, 0.2) is 0 Å². The van der Waals surface area contributed by atoms with Crippen LogP contribution in [0.5, 0.6) is 5.75 Å². The molecule has 0 unspecified atom stereocenters. The first-order valence-electron chi connectivity index (χ1n) is 5.45. The van der Waals surface area contributed by atoms with Gasteiger partial charge in [-0.2, -0.15) is 11.3 Å². The first-order valence-corrected chi connectivity index (χ1v) is 6.77. The van der Waals surface area contributed by atoms with E-state index in [1.165, 1.54) is 0 Å². The lowest BCUT2D eigenvalue weighted by atomic mass is 10.1. The number of ether oxygens (including phenoxy) is 1. The van der Waals surface area contributed by atoms with E-state index < -0.39 is 0 Å². The number of benzene rings is 1. The van der Waals surface area contributed by atoms with Crippen LogP contribution in [0.1, 0.15) is 0 Å². The van der Waals surface area contributed by atoms with Gasteiger partial charge in [0.05, 0.1) is 12.8 Å². The normalized spacial score (nSPS) is 10.8. The molecule has 2 heterocycles. The molecule has 0 spiro atoms. The van der Waals surface area contributed by atoms with Crippen molar-refractivity contribution in [2.24, 2.45) is 0 Å². The monoisotopic (exact) mass is 275 g/mol. The molecule has 90 valence electrons. The number of thiophene rings is 1. The van der Waals surface area contributed by atoms with Crippen LogP contribution in [0.15, 0.2) is 41.1 Å². The molecule has 0 N–H and O–H groups in total. The predicted molar refractivity (Wildman–Crippen MR) is 76.6 cm³/mol. The molecule has 0 saturated heterocycles. The van der Waals surface area contributed by atoms with Crippen LogP contribution in [0.3, 0.4) is 0 Å². The van der Waals surface area contributed by atoms with E-state index in [0.717, 1.165) is 27.8 Å². The minimum atomic E-state index is 0.555. The van der Waals surface area contributed by atoms with Crippen molar-refractivity contribution in [2.75, 3.05) is 7.11 Å². The fraction of sp³-hybridized carbons (Fsp3) is 0.0714. The van der Waals surface area contributed by atoms with Crippen molar-refractivity contribution in [1.82, 2.24) is 4.98 Å². The molecule has 3 aromatic rings. The van der Waals surface area contributed by atoms with Gasteiger partial charge in [-0.25, -0.2) is 4.98 Å². The van der Waals surface area contributed by atoms with Crippen LogP contribution < -0.4 is 4.74 Å². The molecule has 1 aromatic carbocycles. The number of fused-ring (bicyclic) bond motifs is 1. The SMILES string of the molecule is COc1ccc(-c2cc3cscc3c(Cl)n2)cc1. The van der Waals surface area contributed by atoms with Crippen molar-refractivity contribution in [1.29, 1.82) is 0 Å². The Morgan fingerprint density at radius 1 is 1.17 bits per heavy atom. The van der Waals surface area contributed by atoms with E-state index in [9.17, 15) is 0 Å². The Hall–Kier alpha value is -1.58. The van der Waals surface area contributed by atoms with Crippen LogP contribution in [0, 0.1) is 0 Å². The molecule has 2 nitrogen and oxygen atoms in total. The van der Waals surface area contributed by atoms with Gasteiger partial charge >= 0.3 is 0 Å². The number of rotatable bonds is 2. The minimum Gasteiger partial charge on any atom is -0.497 e. The molecule has 4 heteroatoms. The summed E-state index contributed by atoms with van der Waals surface area (Å²) in [5.41, 5.74) is 1.92. The summed E-state index contributed by atoms with van der Waals surface area (Å²) in [7, 11) is 1.65. The number of aromatic nitrogens is 1. The van der Waals surface area contributed by atoms with Gasteiger partial charge in [-0.3, -0.25) is 0 Å². The lowest BCUT2D eigenvalue weighted by molar-refractivity contribution is 0.415. The van der Waals surface area contributed by atoms with Gasteiger partial charge < -0.3 is 4.74 Å². The lowest BCUT2D eigenvalue weighted by Gasteiger charge is -2.04. The molecule has 0 radical (unpaired) electrons. The summed E-state index contributed by atoms with van der Waals surface area (Å²) in [6.45, 7) is 0. The fourth-order valence-corrected chi connectivity index (χ4v) is 2.95. The molecule has 0 aliphatic heterocycles. The second-order valence-corrected chi connectivity index (χ2v) is 5.00. The zero-order valence-electron chi connectivity index (χ0n) is 9.68. The van der Waals surface area contributed by atoms with Gasteiger partial charge in [0.1, 0.15) is 10.9 Å². The van der Waals surface area contributed by atoms with Crippen molar-refractivity contribution in [2.45, 2.75) is 0 Å². The van der Waals surface area contributed by atoms with Gasteiger partial charge in [0.2, 0.25) is 0 Å². The smallest absolute Gasteiger partial charge is 0.138 e. The molecule has 0 atom stereocenters. The zero-order valence-corrected chi connectivity index (χ0v) is 11.3. The van der Waals surface area contributed by atoms with Gasteiger partial charge in [0, 0.05) is 16.3 Å². The number of nitrogens with zero attached hydrogens (tertiary/aromatic N) is 1. The van der Waals surface area contributed by atoms with Crippen LogP contribution >= 0.6 is 22.9 Å². The van der Waals surface area contributed by atoms with Crippen LogP contribution in [0.4, 0.5) is 0 Å². The van der Waals surface area contributed by atoms with Crippen LogP contribution in [-0.4, -0.2) is 12.1 Å². The summed E-state index contributed by atoms with van der Waals surface area (Å²) in [6.07, 6.45) is 0. The second-order valence-electron chi connectivity index (χ2n) is 3.90. The summed E-state index contributed by atoms with van der Waals surface area (Å²) in [5.74, 6) is 0.835. The predicted octanol–water partition coefficient (Wildman–Crippen LogP) is 4.63. The van der Waals surface area contributed by atoms with E-state index in [-0.39, 0.29) is 0 Å². The molecule has 0 bridgehead atoms. The van der Waals surface area contributed by atoms with Crippen LogP contribution in [0.25, 0.3) is 22.0 Å². The maximum absolute atomic E-state index is 6.18. The second kappa shape index (κ2) is 4.59. The van der Waals surface area contributed by atoms with E-state index in [2.05, 4.69) is 16.4 Å². The van der Waals surface area contributed by atoms with Gasteiger partial charge in [-0.05, 0) is 41.1 Å². The summed E-state index contributed by atoms with van der Waals surface area (Å²) in [4.78, 5) is 4.43. The standard InChI is InChI=1S/C14H10ClNOS/c1-17-11-4-2-9(3-5-11)13-6-10-7-18-8-12(10)14(15)16-13/h2-8H,1H3. The minimum absolute atomic E-state index is 0.555. The first kappa shape index (κ1) is 11.5. The summed E-state index contributed by atoms with van der Waals surface area (Å²) >= 11 is 7.82. The third-order valence-corrected chi connectivity index (χ3v) is 3.86. The number of halogens is 1. The van der Waals surface area contributed by atoms with Crippen molar-refractivity contribution >= 4 is 33.7 Å². The molecule has 0 fully saturated rings.